The molecule has 2 amide bonds. The average Bonchev–Trinajstić information content (AvgIpc) is 3.01. The third-order valence-corrected chi connectivity index (χ3v) is 4.64. The van der Waals surface area contributed by atoms with E-state index < -0.39 is 12.0 Å². The number of halogens is 2. The SMILES string of the molecule is Cl.Cl.NC(N)=Nc1ccc2c(c1)C(=O)N(CCC(=O)NC(CC(=O)O)c1cccnc1)C2. The maximum atomic E-state index is 12.6. The standard InChI is InChI=1S/C20H22N6O4.2ClH/c21-20(22)24-14-4-3-13-11-26(19(30)15(13)8-14)7-5-17(27)25-16(9-18(28)29)12-2-1-6-23-10-12;;/h1-4,6,8,10,16H,5,7,9,11H2,(H,25,27)(H,28,29)(H4,21,22,24);2*1H. The van der Waals surface area contributed by atoms with Crippen LogP contribution in [0.2, 0.25) is 0 Å². The number of benzene rings is 1. The van der Waals surface area contributed by atoms with Crippen LogP contribution in [0.25, 0.3) is 0 Å². The number of carbonyl (C=O) groups excluding carboxylic acids is 2. The fourth-order valence-corrected chi connectivity index (χ4v) is 3.26. The Morgan fingerprint density at radius 3 is 2.62 bits per heavy atom. The Balaban J connectivity index is 0.00000256. The van der Waals surface area contributed by atoms with Gasteiger partial charge in [0.2, 0.25) is 5.91 Å². The Morgan fingerprint density at radius 1 is 1.25 bits per heavy atom. The highest BCUT2D eigenvalue weighted by Crippen LogP contribution is 2.27. The summed E-state index contributed by atoms with van der Waals surface area (Å²) in [4.78, 5) is 45.7. The van der Waals surface area contributed by atoms with E-state index in [0.717, 1.165) is 5.56 Å². The summed E-state index contributed by atoms with van der Waals surface area (Å²) in [5, 5.41) is 11.8. The van der Waals surface area contributed by atoms with Crippen molar-refractivity contribution >= 4 is 54.2 Å². The normalized spacial score (nSPS) is 12.6. The van der Waals surface area contributed by atoms with Crippen molar-refractivity contribution in [2.24, 2.45) is 16.5 Å². The van der Waals surface area contributed by atoms with E-state index in [-0.39, 0.29) is 62.0 Å². The lowest BCUT2D eigenvalue weighted by Crippen LogP contribution is -2.34. The molecular formula is C20H24Cl2N6O4. The predicted molar refractivity (Wildman–Crippen MR) is 123 cm³/mol. The molecule has 1 aliphatic rings. The van der Waals surface area contributed by atoms with Gasteiger partial charge in [-0.05, 0) is 29.3 Å². The number of carbonyl (C=O) groups is 3. The third kappa shape index (κ3) is 6.82. The molecule has 0 saturated heterocycles. The predicted octanol–water partition coefficient (Wildman–Crippen LogP) is 1.51. The minimum Gasteiger partial charge on any atom is -0.481 e. The fourth-order valence-electron chi connectivity index (χ4n) is 3.26. The molecule has 0 saturated carbocycles. The molecule has 12 heteroatoms. The van der Waals surface area contributed by atoms with Gasteiger partial charge in [-0.3, -0.25) is 19.4 Å². The molecule has 0 radical (unpaired) electrons. The van der Waals surface area contributed by atoms with E-state index in [2.05, 4.69) is 15.3 Å². The molecular weight excluding hydrogens is 459 g/mol. The number of nitrogens with zero attached hydrogens (tertiary/aromatic N) is 3. The summed E-state index contributed by atoms with van der Waals surface area (Å²) < 4.78 is 0. The summed E-state index contributed by atoms with van der Waals surface area (Å²) in [5.41, 5.74) is 13.2. The molecule has 0 spiro atoms. The van der Waals surface area contributed by atoms with Gasteiger partial charge in [-0.1, -0.05) is 12.1 Å². The monoisotopic (exact) mass is 482 g/mol. The van der Waals surface area contributed by atoms with Crippen molar-refractivity contribution in [3.8, 4) is 0 Å². The van der Waals surface area contributed by atoms with E-state index >= 15 is 0 Å². The van der Waals surface area contributed by atoms with Crippen LogP contribution in [-0.4, -0.2) is 45.3 Å². The summed E-state index contributed by atoms with van der Waals surface area (Å²) >= 11 is 0. The summed E-state index contributed by atoms with van der Waals surface area (Å²) in [6, 6.07) is 7.79. The van der Waals surface area contributed by atoms with Gasteiger partial charge in [-0.2, -0.15) is 0 Å². The molecule has 1 unspecified atom stereocenters. The van der Waals surface area contributed by atoms with Crippen LogP contribution in [0, 0.1) is 0 Å². The zero-order valence-corrected chi connectivity index (χ0v) is 18.6. The quantitative estimate of drug-likeness (QED) is 0.326. The first-order valence-corrected chi connectivity index (χ1v) is 9.26. The number of fused-ring (bicyclic) bond motifs is 1. The smallest absolute Gasteiger partial charge is 0.305 e. The second-order valence-electron chi connectivity index (χ2n) is 6.86. The highest BCUT2D eigenvalue weighted by atomic mass is 35.5. The molecule has 1 aromatic heterocycles. The molecule has 0 aliphatic carbocycles. The van der Waals surface area contributed by atoms with E-state index in [0.29, 0.717) is 23.4 Å². The van der Waals surface area contributed by atoms with Gasteiger partial charge in [-0.25, -0.2) is 4.99 Å². The number of rotatable bonds is 8. The lowest BCUT2D eigenvalue weighted by molar-refractivity contribution is -0.137. The zero-order valence-electron chi connectivity index (χ0n) is 16.9. The molecule has 1 atom stereocenters. The van der Waals surface area contributed by atoms with Crippen LogP contribution in [0.4, 0.5) is 5.69 Å². The number of nitrogens with one attached hydrogen (secondary N) is 1. The van der Waals surface area contributed by atoms with E-state index in [1.54, 1.807) is 41.4 Å². The van der Waals surface area contributed by atoms with Gasteiger partial charge in [-0.15, -0.1) is 24.8 Å². The highest BCUT2D eigenvalue weighted by molar-refractivity contribution is 5.99. The van der Waals surface area contributed by atoms with Crippen molar-refractivity contribution in [3.63, 3.8) is 0 Å². The molecule has 0 bridgehead atoms. The van der Waals surface area contributed by atoms with E-state index in [1.807, 2.05) is 0 Å². The molecule has 1 aromatic carbocycles. The minimum atomic E-state index is -1.04. The number of carboxylic acid groups (broad SMARTS) is 1. The van der Waals surface area contributed by atoms with Crippen LogP contribution in [0.5, 0.6) is 0 Å². The van der Waals surface area contributed by atoms with Crippen LogP contribution in [0.1, 0.15) is 40.4 Å². The number of aliphatic carboxylic acids is 1. The van der Waals surface area contributed by atoms with Crippen LogP contribution >= 0.6 is 24.8 Å². The zero-order chi connectivity index (χ0) is 21.7. The molecule has 2 heterocycles. The van der Waals surface area contributed by atoms with Crippen molar-refractivity contribution in [2.75, 3.05) is 6.54 Å². The molecule has 1 aliphatic heterocycles. The molecule has 0 fully saturated rings. The highest BCUT2D eigenvalue weighted by Gasteiger charge is 2.28. The number of guanidine groups is 1. The molecule has 10 nitrogen and oxygen atoms in total. The van der Waals surface area contributed by atoms with Crippen molar-refractivity contribution in [1.29, 1.82) is 0 Å². The molecule has 3 rings (SSSR count). The van der Waals surface area contributed by atoms with Crippen LogP contribution < -0.4 is 16.8 Å². The largest absolute Gasteiger partial charge is 0.481 e. The fraction of sp³-hybridized carbons (Fsp3) is 0.250. The molecule has 172 valence electrons. The van der Waals surface area contributed by atoms with Gasteiger partial charge in [0, 0.05) is 37.5 Å². The number of hydrogen-bond donors (Lipinski definition) is 4. The number of aromatic nitrogens is 1. The lowest BCUT2D eigenvalue weighted by Gasteiger charge is -2.19. The second-order valence-corrected chi connectivity index (χ2v) is 6.86. The number of carboxylic acids is 1. The Bertz CT molecular complexity index is 999. The Kier molecular flexibility index (Phi) is 9.89. The summed E-state index contributed by atoms with van der Waals surface area (Å²) in [6.45, 7) is 0.578. The third-order valence-electron chi connectivity index (χ3n) is 4.64. The van der Waals surface area contributed by atoms with Crippen molar-refractivity contribution < 1.29 is 19.5 Å². The van der Waals surface area contributed by atoms with E-state index in [9.17, 15) is 14.4 Å². The molecule has 2 aromatic rings. The number of hydrogen-bond acceptors (Lipinski definition) is 5. The van der Waals surface area contributed by atoms with Gasteiger partial charge in [0.25, 0.3) is 5.91 Å². The number of nitrogens with two attached hydrogens (primary N) is 2. The summed E-state index contributed by atoms with van der Waals surface area (Å²) in [7, 11) is 0. The van der Waals surface area contributed by atoms with Crippen molar-refractivity contribution in [1.82, 2.24) is 15.2 Å². The number of aliphatic imine (C=N–C) groups is 1. The van der Waals surface area contributed by atoms with Gasteiger partial charge in [0.1, 0.15) is 0 Å². The van der Waals surface area contributed by atoms with Crippen molar-refractivity contribution in [3.05, 3.63) is 59.4 Å². The minimum absolute atomic E-state index is 0. The van der Waals surface area contributed by atoms with E-state index in [4.69, 9.17) is 16.6 Å². The Labute approximate surface area is 196 Å². The van der Waals surface area contributed by atoms with Gasteiger partial charge < -0.3 is 26.8 Å². The van der Waals surface area contributed by atoms with Gasteiger partial charge >= 0.3 is 5.97 Å². The van der Waals surface area contributed by atoms with Crippen LogP contribution in [0.15, 0.2) is 47.7 Å². The first-order chi connectivity index (χ1) is 14.3. The molecule has 32 heavy (non-hydrogen) atoms. The van der Waals surface area contributed by atoms with Gasteiger partial charge in [0.15, 0.2) is 5.96 Å². The Hall–Kier alpha value is -3.37. The second kappa shape index (κ2) is 11.9. The summed E-state index contributed by atoms with van der Waals surface area (Å²) in [6.07, 6.45) is 2.86. The number of pyridine rings is 1. The van der Waals surface area contributed by atoms with Crippen molar-refractivity contribution in [2.45, 2.75) is 25.4 Å². The maximum Gasteiger partial charge on any atom is 0.305 e. The average molecular weight is 483 g/mol. The first kappa shape index (κ1) is 26.7. The van der Waals surface area contributed by atoms with Crippen LogP contribution in [-0.2, 0) is 16.1 Å². The molecule has 6 N–H and O–H groups in total. The first-order valence-electron chi connectivity index (χ1n) is 9.26. The number of amides is 2. The Morgan fingerprint density at radius 2 is 2.00 bits per heavy atom. The summed E-state index contributed by atoms with van der Waals surface area (Å²) in [5.74, 6) is -1.70. The van der Waals surface area contributed by atoms with Crippen LogP contribution in [0.3, 0.4) is 0 Å². The maximum absolute atomic E-state index is 12.6. The topological polar surface area (TPSA) is 164 Å². The van der Waals surface area contributed by atoms with Gasteiger partial charge in [0.05, 0.1) is 18.2 Å². The van der Waals surface area contributed by atoms with E-state index in [1.165, 1.54) is 6.20 Å². The lowest BCUT2D eigenvalue weighted by atomic mass is 10.1.